The predicted molar refractivity (Wildman–Crippen MR) is 85.2 cm³/mol. The molecule has 8 heteroatoms. The van der Waals surface area contributed by atoms with Crippen molar-refractivity contribution in [2.24, 2.45) is 10.6 Å². The molecule has 0 amide bonds. The molecule has 1 aliphatic carbocycles. The maximum Gasteiger partial charge on any atom is 0.417 e. The highest BCUT2D eigenvalue weighted by Crippen LogP contribution is 2.47. The van der Waals surface area contributed by atoms with E-state index >= 15 is 0 Å². The highest BCUT2D eigenvalue weighted by molar-refractivity contribution is 7.89. The van der Waals surface area contributed by atoms with Gasteiger partial charge in [0, 0.05) is 18.8 Å². The van der Waals surface area contributed by atoms with Crippen molar-refractivity contribution in [3.8, 4) is 0 Å². The van der Waals surface area contributed by atoms with E-state index in [2.05, 4.69) is 0 Å². The monoisotopic (exact) mass is 362 g/mol. The fraction of sp³-hybridized carbons (Fsp3) is 0.625. The van der Waals surface area contributed by atoms with Crippen LogP contribution in [0.5, 0.6) is 0 Å². The Hall–Kier alpha value is -1.28. The van der Waals surface area contributed by atoms with Crippen LogP contribution in [0, 0.1) is 5.41 Å². The third kappa shape index (κ3) is 3.39. The van der Waals surface area contributed by atoms with Gasteiger partial charge in [0.1, 0.15) is 0 Å². The number of benzene rings is 1. The molecule has 24 heavy (non-hydrogen) atoms. The Kier molecular flexibility index (Phi) is 4.32. The highest BCUT2D eigenvalue weighted by atomic mass is 32.2. The molecule has 2 aliphatic rings. The van der Waals surface area contributed by atoms with Crippen molar-refractivity contribution in [2.75, 3.05) is 18.0 Å². The lowest BCUT2D eigenvalue weighted by atomic mass is 9.77. The number of hydrogen-bond acceptors (Lipinski definition) is 3. The van der Waals surface area contributed by atoms with Crippen molar-refractivity contribution in [3.05, 3.63) is 23.8 Å². The number of piperidine rings is 1. The maximum absolute atomic E-state index is 13.2. The summed E-state index contributed by atoms with van der Waals surface area (Å²) in [6, 6.07) is 3.29. The number of anilines is 1. The Morgan fingerprint density at radius 3 is 2.12 bits per heavy atom. The number of halogens is 3. The second kappa shape index (κ2) is 5.91. The van der Waals surface area contributed by atoms with Crippen molar-refractivity contribution >= 4 is 15.7 Å². The van der Waals surface area contributed by atoms with Crippen LogP contribution in [0.25, 0.3) is 0 Å². The van der Waals surface area contributed by atoms with Gasteiger partial charge in [-0.25, -0.2) is 13.6 Å². The molecule has 1 aromatic carbocycles. The molecule has 0 atom stereocenters. The van der Waals surface area contributed by atoms with Gasteiger partial charge in [0.15, 0.2) is 0 Å². The topological polar surface area (TPSA) is 63.4 Å². The van der Waals surface area contributed by atoms with Crippen LogP contribution in [0.2, 0.25) is 0 Å². The molecule has 2 fully saturated rings. The van der Waals surface area contributed by atoms with Crippen molar-refractivity contribution in [1.82, 2.24) is 0 Å². The van der Waals surface area contributed by atoms with E-state index in [1.807, 2.05) is 4.90 Å². The second-order valence-electron chi connectivity index (χ2n) is 6.92. The summed E-state index contributed by atoms with van der Waals surface area (Å²) >= 11 is 0. The van der Waals surface area contributed by atoms with E-state index in [0.717, 1.165) is 25.0 Å². The first-order valence-electron chi connectivity index (χ1n) is 8.10. The second-order valence-corrected chi connectivity index (χ2v) is 8.45. The zero-order valence-electron chi connectivity index (χ0n) is 13.3. The van der Waals surface area contributed by atoms with E-state index in [1.54, 1.807) is 0 Å². The number of hydrogen-bond donors (Lipinski definition) is 1. The quantitative estimate of drug-likeness (QED) is 0.876. The molecule has 3 rings (SSSR count). The number of rotatable bonds is 2. The van der Waals surface area contributed by atoms with Gasteiger partial charge in [-0.1, -0.05) is 12.8 Å². The van der Waals surface area contributed by atoms with E-state index < -0.39 is 26.7 Å². The first kappa shape index (κ1) is 17.5. The van der Waals surface area contributed by atoms with Gasteiger partial charge in [0.2, 0.25) is 10.0 Å². The Balaban J connectivity index is 1.87. The van der Waals surface area contributed by atoms with E-state index in [9.17, 15) is 21.6 Å². The zero-order chi connectivity index (χ0) is 17.6. The molecule has 0 aromatic heterocycles. The van der Waals surface area contributed by atoms with Gasteiger partial charge < -0.3 is 4.90 Å². The molecule has 134 valence electrons. The average Bonchev–Trinajstić information content (AvgIpc) is 2.94. The molecule has 1 heterocycles. The van der Waals surface area contributed by atoms with Crippen LogP contribution in [0.1, 0.15) is 44.1 Å². The molecule has 1 aliphatic heterocycles. The molecular formula is C16H21F3N2O2S. The van der Waals surface area contributed by atoms with Crippen LogP contribution in [-0.2, 0) is 16.2 Å². The molecule has 4 nitrogen and oxygen atoms in total. The Morgan fingerprint density at radius 1 is 1.04 bits per heavy atom. The summed E-state index contributed by atoms with van der Waals surface area (Å²) in [5.41, 5.74) is -0.421. The van der Waals surface area contributed by atoms with E-state index in [1.165, 1.54) is 31.7 Å². The number of nitrogens with zero attached hydrogens (tertiary/aromatic N) is 1. The van der Waals surface area contributed by atoms with Gasteiger partial charge in [-0.3, -0.25) is 0 Å². The standard InChI is InChI=1S/C16H21F3N2O2S/c17-16(18,19)13-11-12(3-4-14(13)24(20,22)23)21-9-7-15(8-10-21)5-1-2-6-15/h3-4,11H,1-2,5-10H2,(H2,20,22,23). The van der Waals surface area contributed by atoms with E-state index in [-0.39, 0.29) is 0 Å². The predicted octanol–water partition coefficient (Wildman–Crippen LogP) is 3.51. The van der Waals surface area contributed by atoms with Gasteiger partial charge in [-0.05, 0) is 49.3 Å². The lowest BCUT2D eigenvalue weighted by Crippen LogP contribution is -2.39. The third-order valence-corrected chi connectivity index (χ3v) is 6.40. The first-order chi connectivity index (χ1) is 11.1. The van der Waals surface area contributed by atoms with E-state index in [0.29, 0.717) is 24.2 Å². The molecule has 0 unspecified atom stereocenters. The number of alkyl halides is 3. The minimum atomic E-state index is -4.76. The van der Waals surface area contributed by atoms with Crippen LogP contribution in [0.15, 0.2) is 23.1 Å². The number of primary sulfonamides is 1. The summed E-state index contributed by atoms with van der Waals surface area (Å²) in [7, 11) is -4.42. The lowest BCUT2D eigenvalue weighted by Gasteiger charge is -2.40. The summed E-state index contributed by atoms with van der Waals surface area (Å²) in [5, 5.41) is 4.92. The molecule has 1 aromatic rings. The van der Waals surface area contributed by atoms with Crippen LogP contribution >= 0.6 is 0 Å². The number of nitrogens with two attached hydrogens (primary N) is 1. The summed E-state index contributed by atoms with van der Waals surface area (Å²) < 4.78 is 62.5. The van der Waals surface area contributed by atoms with Gasteiger partial charge in [-0.2, -0.15) is 13.2 Å². The molecule has 0 bridgehead atoms. The highest BCUT2D eigenvalue weighted by Gasteiger charge is 2.39. The van der Waals surface area contributed by atoms with Crippen LogP contribution in [0.3, 0.4) is 0 Å². The van der Waals surface area contributed by atoms with Gasteiger partial charge >= 0.3 is 6.18 Å². The molecule has 2 N–H and O–H groups in total. The van der Waals surface area contributed by atoms with Crippen molar-refractivity contribution in [1.29, 1.82) is 0 Å². The van der Waals surface area contributed by atoms with Crippen LogP contribution < -0.4 is 10.0 Å². The Morgan fingerprint density at radius 2 is 1.62 bits per heavy atom. The average molecular weight is 362 g/mol. The smallest absolute Gasteiger partial charge is 0.371 e. The van der Waals surface area contributed by atoms with Crippen molar-refractivity contribution in [2.45, 2.75) is 49.6 Å². The van der Waals surface area contributed by atoms with E-state index in [4.69, 9.17) is 5.14 Å². The van der Waals surface area contributed by atoms with Crippen molar-refractivity contribution in [3.63, 3.8) is 0 Å². The van der Waals surface area contributed by atoms with Gasteiger partial charge in [-0.15, -0.1) is 0 Å². The van der Waals surface area contributed by atoms with Crippen molar-refractivity contribution < 1.29 is 21.6 Å². The minimum Gasteiger partial charge on any atom is -0.371 e. The summed E-state index contributed by atoms with van der Waals surface area (Å²) in [6.45, 7) is 1.40. The summed E-state index contributed by atoms with van der Waals surface area (Å²) in [5.74, 6) is 0. The molecule has 1 spiro atoms. The van der Waals surface area contributed by atoms with Gasteiger partial charge in [0.25, 0.3) is 0 Å². The largest absolute Gasteiger partial charge is 0.417 e. The third-order valence-electron chi connectivity index (χ3n) is 5.43. The molecular weight excluding hydrogens is 341 g/mol. The lowest BCUT2D eigenvalue weighted by molar-refractivity contribution is -0.139. The molecule has 1 saturated heterocycles. The molecule has 0 radical (unpaired) electrons. The van der Waals surface area contributed by atoms with Crippen LogP contribution in [0.4, 0.5) is 18.9 Å². The summed E-state index contributed by atoms with van der Waals surface area (Å²) in [6.07, 6.45) is 2.08. The fourth-order valence-corrected chi connectivity index (χ4v) is 4.79. The zero-order valence-corrected chi connectivity index (χ0v) is 14.1. The fourth-order valence-electron chi connectivity index (χ4n) is 4.05. The first-order valence-corrected chi connectivity index (χ1v) is 9.64. The Bertz CT molecular complexity index is 715. The number of sulfonamides is 1. The minimum absolute atomic E-state index is 0.365. The summed E-state index contributed by atoms with van der Waals surface area (Å²) in [4.78, 5) is 1.04. The normalized spacial score (nSPS) is 21.4. The van der Waals surface area contributed by atoms with Gasteiger partial charge in [0.05, 0.1) is 10.5 Å². The molecule has 1 saturated carbocycles. The maximum atomic E-state index is 13.2. The SMILES string of the molecule is NS(=O)(=O)c1ccc(N2CCC3(CCCC3)CC2)cc1C(F)(F)F. The Labute approximate surface area is 139 Å². The van der Waals surface area contributed by atoms with Crippen LogP contribution in [-0.4, -0.2) is 21.5 Å².